The van der Waals surface area contributed by atoms with Gasteiger partial charge in [0.05, 0.1) is 12.0 Å². The summed E-state index contributed by atoms with van der Waals surface area (Å²) in [7, 11) is 1.62. The number of likely N-dealkylation sites (tertiary alicyclic amines) is 2. The molecule has 2 saturated heterocycles. The summed E-state index contributed by atoms with van der Waals surface area (Å²) in [4.78, 5) is 27.6. The largest absolute Gasteiger partial charge is 0.345 e. The Hall–Kier alpha value is -1.98. The number of carbonyl (C=O) groups excluding carboxylic acids is 2. The molecule has 2 fully saturated rings. The first-order valence-electron chi connectivity index (χ1n) is 7.72. The van der Waals surface area contributed by atoms with Crippen LogP contribution in [0.5, 0.6) is 0 Å². The van der Waals surface area contributed by atoms with Gasteiger partial charge in [-0.05, 0) is 25.5 Å². The van der Waals surface area contributed by atoms with E-state index in [-0.39, 0.29) is 12.5 Å². The molecule has 2 heterocycles. The molecular weight excluding hydrogens is 302 g/mol. The van der Waals surface area contributed by atoms with Crippen LogP contribution in [-0.4, -0.2) is 54.2 Å². The van der Waals surface area contributed by atoms with E-state index in [0.717, 1.165) is 10.5 Å². The Kier molecular flexibility index (Phi) is 3.65. The van der Waals surface area contributed by atoms with E-state index in [1.807, 2.05) is 13.0 Å². The molecule has 23 heavy (non-hydrogen) atoms. The van der Waals surface area contributed by atoms with E-state index in [9.17, 15) is 18.4 Å². The zero-order valence-corrected chi connectivity index (χ0v) is 13.3. The predicted molar refractivity (Wildman–Crippen MR) is 81.3 cm³/mol. The molecule has 1 aromatic carbocycles. The van der Waals surface area contributed by atoms with Crippen LogP contribution in [0.25, 0.3) is 0 Å². The van der Waals surface area contributed by atoms with E-state index in [1.54, 1.807) is 25.2 Å². The van der Waals surface area contributed by atoms with Crippen molar-refractivity contribution < 1.29 is 18.4 Å². The highest BCUT2D eigenvalue weighted by Gasteiger charge is 2.57. The Morgan fingerprint density at radius 3 is 2.61 bits per heavy atom. The summed E-state index contributed by atoms with van der Waals surface area (Å²) in [6.07, 6.45) is -0.101. The van der Waals surface area contributed by atoms with Crippen molar-refractivity contribution >= 4 is 11.8 Å². The van der Waals surface area contributed by atoms with Crippen molar-refractivity contribution in [1.29, 1.82) is 0 Å². The number of aryl methyl sites for hydroxylation is 1. The molecule has 1 spiro atoms. The summed E-state index contributed by atoms with van der Waals surface area (Å²) >= 11 is 0. The number of alkyl halides is 2. The van der Waals surface area contributed by atoms with E-state index in [1.165, 1.54) is 4.90 Å². The molecule has 6 heteroatoms. The van der Waals surface area contributed by atoms with Crippen LogP contribution in [0.3, 0.4) is 0 Å². The van der Waals surface area contributed by atoms with E-state index < -0.39 is 30.2 Å². The maximum absolute atomic E-state index is 14.2. The molecule has 2 aliphatic heterocycles. The van der Waals surface area contributed by atoms with Gasteiger partial charge < -0.3 is 9.80 Å². The Morgan fingerprint density at radius 2 is 2.00 bits per heavy atom. The number of rotatable bonds is 1. The van der Waals surface area contributed by atoms with Gasteiger partial charge in [-0.2, -0.15) is 0 Å². The van der Waals surface area contributed by atoms with Crippen molar-refractivity contribution in [3.63, 3.8) is 0 Å². The molecule has 0 saturated carbocycles. The molecule has 0 bridgehead atoms. The number of hydrogen-bond donors (Lipinski definition) is 0. The van der Waals surface area contributed by atoms with E-state index in [2.05, 4.69) is 0 Å². The fourth-order valence-electron chi connectivity index (χ4n) is 3.72. The monoisotopic (exact) mass is 322 g/mol. The van der Waals surface area contributed by atoms with Gasteiger partial charge in [-0.3, -0.25) is 9.59 Å². The van der Waals surface area contributed by atoms with Crippen LogP contribution < -0.4 is 0 Å². The normalized spacial score (nSPS) is 26.9. The second kappa shape index (κ2) is 5.28. The molecule has 0 aromatic heterocycles. The number of carbonyl (C=O) groups is 2. The molecule has 0 aliphatic carbocycles. The lowest BCUT2D eigenvalue weighted by molar-refractivity contribution is -0.150. The van der Waals surface area contributed by atoms with Crippen LogP contribution in [0.4, 0.5) is 8.78 Å². The smallest absolute Gasteiger partial charge is 0.266 e. The summed E-state index contributed by atoms with van der Waals surface area (Å²) in [5.74, 6) is -3.76. The molecule has 124 valence electrons. The minimum atomic E-state index is -3.04. The lowest BCUT2D eigenvalue weighted by atomic mass is 9.76. The SMILES string of the molecule is Cc1cccc(C(=O)N2CC(F)(F)C[C@@]3(CCN(C)C3=O)C2)c1. The summed E-state index contributed by atoms with van der Waals surface area (Å²) in [6, 6.07) is 6.88. The molecule has 1 aromatic rings. The molecule has 0 radical (unpaired) electrons. The van der Waals surface area contributed by atoms with Gasteiger partial charge in [0.25, 0.3) is 11.8 Å². The van der Waals surface area contributed by atoms with E-state index in [4.69, 9.17) is 0 Å². The minimum Gasteiger partial charge on any atom is -0.345 e. The van der Waals surface area contributed by atoms with Crippen LogP contribution in [0, 0.1) is 12.3 Å². The average molecular weight is 322 g/mol. The third-order valence-electron chi connectivity index (χ3n) is 4.79. The Labute approximate surface area is 134 Å². The first-order chi connectivity index (χ1) is 10.7. The lowest BCUT2D eigenvalue weighted by Gasteiger charge is -2.42. The zero-order chi connectivity index (χ0) is 16.8. The van der Waals surface area contributed by atoms with Gasteiger partial charge >= 0.3 is 0 Å². The number of amides is 2. The van der Waals surface area contributed by atoms with Crippen molar-refractivity contribution in [2.45, 2.75) is 25.7 Å². The summed E-state index contributed by atoms with van der Waals surface area (Å²) in [5, 5.41) is 0. The average Bonchev–Trinajstić information content (AvgIpc) is 2.73. The van der Waals surface area contributed by atoms with Crippen molar-refractivity contribution in [2.24, 2.45) is 5.41 Å². The van der Waals surface area contributed by atoms with Gasteiger partial charge in [-0.15, -0.1) is 0 Å². The highest BCUT2D eigenvalue weighted by atomic mass is 19.3. The minimum absolute atomic E-state index is 0.0680. The second-order valence-electron chi connectivity index (χ2n) is 6.82. The van der Waals surface area contributed by atoms with Gasteiger partial charge in [-0.1, -0.05) is 17.7 Å². The number of hydrogen-bond acceptors (Lipinski definition) is 2. The molecule has 4 nitrogen and oxygen atoms in total. The highest BCUT2D eigenvalue weighted by molar-refractivity contribution is 5.95. The molecule has 0 unspecified atom stereocenters. The number of nitrogens with zero attached hydrogens (tertiary/aromatic N) is 2. The highest BCUT2D eigenvalue weighted by Crippen LogP contribution is 2.45. The zero-order valence-electron chi connectivity index (χ0n) is 13.3. The Morgan fingerprint density at radius 1 is 1.26 bits per heavy atom. The Bertz CT molecular complexity index is 662. The molecule has 0 N–H and O–H groups in total. The van der Waals surface area contributed by atoms with Gasteiger partial charge in [0.2, 0.25) is 5.91 Å². The first kappa shape index (κ1) is 15.9. The number of halogens is 2. The van der Waals surface area contributed by atoms with Crippen LogP contribution in [-0.2, 0) is 4.79 Å². The molecule has 1 atom stereocenters. The summed E-state index contributed by atoms with van der Waals surface area (Å²) in [6.45, 7) is 1.75. The van der Waals surface area contributed by atoms with Crippen LogP contribution >= 0.6 is 0 Å². The topological polar surface area (TPSA) is 40.6 Å². The van der Waals surface area contributed by atoms with Crippen molar-refractivity contribution in [3.8, 4) is 0 Å². The van der Waals surface area contributed by atoms with Crippen LogP contribution in [0.1, 0.15) is 28.8 Å². The predicted octanol–water partition coefficient (Wildman–Crippen LogP) is 2.32. The third-order valence-corrected chi connectivity index (χ3v) is 4.79. The quantitative estimate of drug-likeness (QED) is 0.796. The van der Waals surface area contributed by atoms with E-state index >= 15 is 0 Å². The molecule has 2 amide bonds. The van der Waals surface area contributed by atoms with Gasteiger partial charge in [0.15, 0.2) is 0 Å². The van der Waals surface area contributed by atoms with Gasteiger partial charge in [0.1, 0.15) is 0 Å². The van der Waals surface area contributed by atoms with E-state index in [0.29, 0.717) is 18.5 Å². The molecular formula is C17H20F2N2O2. The Balaban J connectivity index is 1.91. The van der Waals surface area contributed by atoms with Crippen molar-refractivity contribution in [1.82, 2.24) is 9.80 Å². The second-order valence-corrected chi connectivity index (χ2v) is 6.82. The third kappa shape index (κ3) is 2.82. The first-order valence-corrected chi connectivity index (χ1v) is 7.72. The fourth-order valence-corrected chi connectivity index (χ4v) is 3.72. The fraction of sp³-hybridized carbons (Fsp3) is 0.529. The van der Waals surface area contributed by atoms with Crippen LogP contribution in [0.2, 0.25) is 0 Å². The molecule has 3 rings (SSSR count). The maximum Gasteiger partial charge on any atom is 0.266 e. The van der Waals surface area contributed by atoms with Crippen molar-refractivity contribution in [3.05, 3.63) is 35.4 Å². The van der Waals surface area contributed by atoms with Gasteiger partial charge in [-0.25, -0.2) is 8.78 Å². The van der Waals surface area contributed by atoms with Crippen LogP contribution in [0.15, 0.2) is 24.3 Å². The number of benzene rings is 1. The van der Waals surface area contributed by atoms with Gasteiger partial charge in [0, 0.05) is 32.1 Å². The molecule has 2 aliphatic rings. The summed E-state index contributed by atoms with van der Waals surface area (Å²) < 4.78 is 28.5. The lowest BCUT2D eigenvalue weighted by Crippen LogP contribution is -2.57. The standard InChI is InChI=1S/C17H20F2N2O2/c1-12-4-3-5-13(8-12)14(22)21-10-16(9-17(18,19)11-21)6-7-20(2)15(16)23/h3-5,8H,6-7,9-11H2,1-2H3/t16-/m0/s1. The summed E-state index contributed by atoms with van der Waals surface area (Å²) in [5.41, 5.74) is 0.137. The number of piperidine rings is 1. The van der Waals surface area contributed by atoms with Crippen molar-refractivity contribution in [2.75, 3.05) is 26.7 Å². The maximum atomic E-state index is 14.2.